The van der Waals surface area contributed by atoms with Crippen molar-refractivity contribution in [2.75, 3.05) is 0 Å². The molecule has 0 aliphatic heterocycles. The predicted octanol–water partition coefficient (Wildman–Crippen LogP) is 3.38. The highest BCUT2D eigenvalue weighted by Crippen LogP contribution is 2.28. The van der Waals surface area contributed by atoms with E-state index in [1.165, 1.54) is 35.2 Å². The minimum absolute atomic E-state index is 0.254. The zero-order valence-corrected chi connectivity index (χ0v) is 11.6. The minimum atomic E-state index is 0.254. The first-order valence-corrected chi connectivity index (χ1v) is 7.23. The standard InChI is InChI=1S/C17H22N2/c1-13-4-2-5-14(12-13)8-10-19-11-9-15-16(18)6-3-7-17(15)19/h2,4-5,9,11-12,16H,3,6-8,10,18H2,1H3. The van der Waals surface area contributed by atoms with E-state index < -0.39 is 0 Å². The average molecular weight is 254 g/mol. The number of aryl methyl sites for hydroxylation is 3. The molecule has 0 saturated carbocycles. The topological polar surface area (TPSA) is 30.9 Å². The van der Waals surface area contributed by atoms with Crippen LogP contribution in [0.5, 0.6) is 0 Å². The fraction of sp³-hybridized carbons (Fsp3) is 0.412. The third kappa shape index (κ3) is 2.59. The highest BCUT2D eigenvalue weighted by molar-refractivity contribution is 5.29. The lowest BCUT2D eigenvalue weighted by molar-refractivity contribution is 0.539. The molecule has 0 saturated heterocycles. The van der Waals surface area contributed by atoms with Crippen molar-refractivity contribution in [3.63, 3.8) is 0 Å². The maximum atomic E-state index is 6.17. The van der Waals surface area contributed by atoms with Crippen LogP contribution in [0.1, 0.15) is 41.3 Å². The first-order valence-electron chi connectivity index (χ1n) is 7.23. The van der Waals surface area contributed by atoms with Gasteiger partial charge >= 0.3 is 0 Å². The molecule has 0 spiro atoms. The van der Waals surface area contributed by atoms with Gasteiger partial charge in [0, 0.05) is 24.5 Å². The average Bonchev–Trinajstić information content (AvgIpc) is 2.81. The van der Waals surface area contributed by atoms with Gasteiger partial charge in [-0.05, 0) is 49.8 Å². The number of hydrogen-bond acceptors (Lipinski definition) is 1. The Bertz CT molecular complexity index is 568. The summed E-state index contributed by atoms with van der Waals surface area (Å²) in [4.78, 5) is 0. The van der Waals surface area contributed by atoms with Gasteiger partial charge in [0.1, 0.15) is 0 Å². The summed E-state index contributed by atoms with van der Waals surface area (Å²) in [5.74, 6) is 0. The number of hydrogen-bond donors (Lipinski definition) is 1. The number of fused-ring (bicyclic) bond motifs is 1. The Labute approximate surface area is 115 Å². The lowest BCUT2D eigenvalue weighted by Crippen LogP contribution is -2.18. The molecule has 0 radical (unpaired) electrons. The van der Waals surface area contributed by atoms with Crippen LogP contribution in [0, 0.1) is 6.92 Å². The van der Waals surface area contributed by atoms with Crippen molar-refractivity contribution in [2.45, 2.75) is 45.2 Å². The Morgan fingerprint density at radius 1 is 1.32 bits per heavy atom. The Hall–Kier alpha value is -1.54. The molecule has 1 aliphatic rings. The molecule has 1 aromatic carbocycles. The van der Waals surface area contributed by atoms with Crippen molar-refractivity contribution >= 4 is 0 Å². The molecule has 2 aromatic rings. The Morgan fingerprint density at radius 3 is 3.05 bits per heavy atom. The highest BCUT2D eigenvalue weighted by Gasteiger charge is 2.19. The molecule has 3 rings (SSSR count). The summed E-state index contributed by atoms with van der Waals surface area (Å²) in [7, 11) is 0. The maximum Gasteiger partial charge on any atom is 0.0312 e. The first-order chi connectivity index (χ1) is 9.24. The molecule has 2 N–H and O–H groups in total. The van der Waals surface area contributed by atoms with Gasteiger partial charge in [-0.15, -0.1) is 0 Å². The van der Waals surface area contributed by atoms with Crippen LogP contribution in [0.2, 0.25) is 0 Å². The van der Waals surface area contributed by atoms with Crippen LogP contribution >= 0.6 is 0 Å². The summed E-state index contributed by atoms with van der Waals surface area (Å²) < 4.78 is 2.40. The number of nitrogens with zero attached hydrogens (tertiary/aromatic N) is 1. The third-order valence-electron chi connectivity index (χ3n) is 4.17. The smallest absolute Gasteiger partial charge is 0.0312 e. The van der Waals surface area contributed by atoms with Gasteiger partial charge in [-0.2, -0.15) is 0 Å². The summed E-state index contributed by atoms with van der Waals surface area (Å²) >= 11 is 0. The van der Waals surface area contributed by atoms with Gasteiger partial charge in [-0.3, -0.25) is 0 Å². The number of aromatic nitrogens is 1. The van der Waals surface area contributed by atoms with Gasteiger partial charge in [0.05, 0.1) is 0 Å². The van der Waals surface area contributed by atoms with Crippen molar-refractivity contribution in [1.29, 1.82) is 0 Å². The van der Waals surface area contributed by atoms with Gasteiger partial charge in [0.15, 0.2) is 0 Å². The molecule has 100 valence electrons. The molecule has 0 fully saturated rings. The van der Waals surface area contributed by atoms with Crippen molar-refractivity contribution in [3.05, 3.63) is 58.9 Å². The zero-order chi connectivity index (χ0) is 13.2. The van der Waals surface area contributed by atoms with Crippen LogP contribution in [-0.4, -0.2) is 4.57 Å². The fourth-order valence-electron chi connectivity index (χ4n) is 3.12. The van der Waals surface area contributed by atoms with E-state index >= 15 is 0 Å². The van der Waals surface area contributed by atoms with E-state index in [9.17, 15) is 0 Å². The third-order valence-corrected chi connectivity index (χ3v) is 4.17. The van der Waals surface area contributed by atoms with Crippen molar-refractivity contribution in [1.82, 2.24) is 4.57 Å². The number of nitrogens with two attached hydrogens (primary N) is 1. The molecule has 1 atom stereocenters. The largest absolute Gasteiger partial charge is 0.351 e. The molecule has 1 aromatic heterocycles. The van der Waals surface area contributed by atoms with E-state index in [1.54, 1.807) is 0 Å². The molecule has 19 heavy (non-hydrogen) atoms. The quantitative estimate of drug-likeness (QED) is 0.894. The van der Waals surface area contributed by atoms with Crippen LogP contribution in [-0.2, 0) is 19.4 Å². The van der Waals surface area contributed by atoms with E-state index in [0.717, 1.165) is 19.4 Å². The number of rotatable bonds is 3. The van der Waals surface area contributed by atoms with Crippen LogP contribution in [0.4, 0.5) is 0 Å². The minimum Gasteiger partial charge on any atom is -0.351 e. The van der Waals surface area contributed by atoms with Gasteiger partial charge in [-0.25, -0.2) is 0 Å². The van der Waals surface area contributed by atoms with Gasteiger partial charge in [0.2, 0.25) is 0 Å². The highest BCUT2D eigenvalue weighted by atomic mass is 15.0. The van der Waals surface area contributed by atoms with E-state index in [0.29, 0.717) is 0 Å². The second kappa shape index (κ2) is 5.22. The molecule has 1 unspecified atom stereocenters. The molecule has 0 amide bonds. The first kappa shape index (κ1) is 12.5. The summed E-state index contributed by atoms with van der Waals surface area (Å²) in [6, 6.07) is 11.3. The van der Waals surface area contributed by atoms with Crippen LogP contribution in [0.3, 0.4) is 0 Å². The fourth-order valence-corrected chi connectivity index (χ4v) is 3.12. The second-order valence-electron chi connectivity index (χ2n) is 5.65. The molecule has 0 bridgehead atoms. The predicted molar refractivity (Wildman–Crippen MR) is 79.2 cm³/mol. The summed E-state index contributed by atoms with van der Waals surface area (Å²) in [6.45, 7) is 3.21. The van der Waals surface area contributed by atoms with Crippen molar-refractivity contribution in [2.24, 2.45) is 5.73 Å². The van der Waals surface area contributed by atoms with Gasteiger partial charge < -0.3 is 10.3 Å². The van der Waals surface area contributed by atoms with Gasteiger partial charge in [0.25, 0.3) is 0 Å². The summed E-state index contributed by atoms with van der Waals surface area (Å²) in [5, 5.41) is 0. The molecular weight excluding hydrogens is 232 g/mol. The Kier molecular flexibility index (Phi) is 3.43. The molecule has 2 nitrogen and oxygen atoms in total. The van der Waals surface area contributed by atoms with E-state index in [4.69, 9.17) is 5.73 Å². The lowest BCUT2D eigenvalue weighted by atomic mass is 9.93. The maximum absolute atomic E-state index is 6.17. The second-order valence-corrected chi connectivity index (χ2v) is 5.65. The Balaban J connectivity index is 1.74. The number of benzene rings is 1. The zero-order valence-electron chi connectivity index (χ0n) is 11.6. The van der Waals surface area contributed by atoms with Gasteiger partial charge in [-0.1, -0.05) is 29.8 Å². The molecular formula is C17H22N2. The Morgan fingerprint density at radius 2 is 2.21 bits per heavy atom. The van der Waals surface area contributed by atoms with Crippen LogP contribution < -0.4 is 5.73 Å². The van der Waals surface area contributed by atoms with Crippen LogP contribution in [0.25, 0.3) is 0 Å². The summed E-state index contributed by atoms with van der Waals surface area (Å²) in [5.41, 5.74) is 11.8. The molecule has 2 heteroatoms. The SMILES string of the molecule is Cc1cccc(CCn2ccc3c2CCCC3N)c1. The van der Waals surface area contributed by atoms with Crippen molar-refractivity contribution in [3.8, 4) is 0 Å². The molecule has 1 aliphatic carbocycles. The van der Waals surface area contributed by atoms with E-state index in [1.807, 2.05) is 0 Å². The summed E-state index contributed by atoms with van der Waals surface area (Å²) in [6.07, 6.45) is 6.85. The normalized spacial score (nSPS) is 18.3. The monoisotopic (exact) mass is 254 g/mol. The van der Waals surface area contributed by atoms with Crippen molar-refractivity contribution < 1.29 is 0 Å². The molecule has 1 heterocycles. The van der Waals surface area contributed by atoms with E-state index in [-0.39, 0.29) is 6.04 Å². The lowest BCUT2D eigenvalue weighted by Gasteiger charge is -2.21. The van der Waals surface area contributed by atoms with E-state index in [2.05, 4.69) is 48.0 Å². The van der Waals surface area contributed by atoms with Crippen LogP contribution in [0.15, 0.2) is 36.5 Å².